The number of hydrogen-bond donors (Lipinski definition) is 1. The Balaban J connectivity index is 2.08. The van der Waals surface area contributed by atoms with Crippen LogP contribution in [0.1, 0.15) is 5.56 Å². The minimum absolute atomic E-state index is 0.0157. The monoisotopic (exact) mass is 364 g/mol. The number of nitrogens with one attached hydrogen (secondary N) is 1. The van der Waals surface area contributed by atoms with E-state index in [2.05, 4.69) is 26.5 Å². The fourth-order valence-electron chi connectivity index (χ4n) is 1.59. The van der Waals surface area contributed by atoms with Gasteiger partial charge in [-0.2, -0.15) is 5.10 Å². The molecule has 0 unspecified atom stereocenters. The molecule has 8 nitrogen and oxygen atoms in total. The summed E-state index contributed by atoms with van der Waals surface area (Å²) in [4.78, 5) is 20.4. The van der Waals surface area contributed by atoms with E-state index in [-0.39, 0.29) is 11.4 Å². The number of nitro groups is 2. The molecule has 0 fully saturated rings. The maximum Gasteiger partial charge on any atom is 0.284 e. The van der Waals surface area contributed by atoms with Crippen LogP contribution in [0, 0.1) is 20.2 Å². The van der Waals surface area contributed by atoms with Crippen LogP contribution in [-0.4, -0.2) is 16.1 Å². The van der Waals surface area contributed by atoms with Crippen molar-refractivity contribution in [2.45, 2.75) is 0 Å². The van der Waals surface area contributed by atoms with E-state index in [1.807, 2.05) is 0 Å². The molecule has 0 spiro atoms. The molecule has 0 atom stereocenters. The highest BCUT2D eigenvalue weighted by Crippen LogP contribution is 2.25. The SMILES string of the molecule is O=[N+]([O-])c1ccc(NN=Cc2ccc(Br)c([N+](=O)[O-])c2)cc1. The number of nitrogens with zero attached hydrogens (tertiary/aromatic N) is 3. The summed E-state index contributed by atoms with van der Waals surface area (Å²) >= 11 is 3.10. The van der Waals surface area contributed by atoms with Gasteiger partial charge in [-0.05, 0) is 34.1 Å². The maximum absolute atomic E-state index is 10.8. The van der Waals surface area contributed by atoms with Gasteiger partial charge in [-0.15, -0.1) is 0 Å². The van der Waals surface area contributed by atoms with E-state index >= 15 is 0 Å². The van der Waals surface area contributed by atoms with Crippen LogP contribution < -0.4 is 5.43 Å². The summed E-state index contributed by atoms with van der Waals surface area (Å²) in [5.41, 5.74) is 3.72. The quantitative estimate of drug-likeness (QED) is 0.493. The number of nitro benzene ring substituents is 2. The smallest absolute Gasteiger partial charge is 0.278 e. The lowest BCUT2D eigenvalue weighted by atomic mass is 10.2. The van der Waals surface area contributed by atoms with Crippen LogP contribution >= 0.6 is 15.9 Å². The zero-order valence-corrected chi connectivity index (χ0v) is 12.6. The summed E-state index contributed by atoms with van der Waals surface area (Å²) in [5.74, 6) is 0. The van der Waals surface area contributed by atoms with Crippen LogP contribution in [0.3, 0.4) is 0 Å². The van der Waals surface area contributed by atoms with Crippen molar-refractivity contribution in [1.29, 1.82) is 0 Å². The van der Waals surface area contributed by atoms with Gasteiger partial charge in [0.2, 0.25) is 0 Å². The van der Waals surface area contributed by atoms with Crippen molar-refractivity contribution in [2.24, 2.45) is 5.10 Å². The predicted octanol–water partition coefficient (Wildman–Crippen LogP) is 3.71. The third-order valence-corrected chi connectivity index (χ3v) is 3.32. The van der Waals surface area contributed by atoms with Gasteiger partial charge < -0.3 is 0 Å². The Morgan fingerprint density at radius 2 is 1.73 bits per heavy atom. The Kier molecular flexibility index (Phi) is 4.79. The third kappa shape index (κ3) is 3.85. The van der Waals surface area contributed by atoms with E-state index < -0.39 is 9.85 Å². The second kappa shape index (κ2) is 6.76. The molecule has 0 aliphatic rings. The van der Waals surface area contributed by atoms with Gasteiger partial charge in [0.1, 0.15) is 0 Å². The second-order valence-corrected chi connectivity index (χ2v) is 5.00. The molecule has 2 rings (SSSR count). The zero-order valence-electron chi connectivity index (χ0n) is 11.0. The molecule has 0 amide bonds. The highest BCUT2D eigenvalue weighted by Gasteiger charge is 2.11. The largest absolute Gasteiger partial charge is 0.284 e. The van der Waals surface area contributed by atoms with E-state index in [4.69, 9.17) is 0 Å². The summed E-state index contributed by atoms with van der Waals surface area (Å²) < 4.78 is 0.387. The van der Waals surface area contributed by atoms with Crippen LogP contribution in [0.2, 0.25) is 0 Å². The molecule has 1 N–H and O–H groups in total. The molecule has 0 aliphatic heterocycles. The van der Waals surface area contributed by atoms with Crippen molar-refractivity contribution in [3.8, 4) is 0 Å². The van der Waals surface area contributed by atoms with Gasteiger partial charge in [-0.25, -0.2) is 0 Å². The topological polar surface area (TPSA) is 111 Å². The minimum Gasteiger partial charge on any atom is -0.278 e. The molecule has 22 heavy (non-hydrogen) atoms. The predicted molar refractivity (Wildman–Crippen MR) is 85.1 cm³/mol. The van der Waals surface area contributed by atoms with E-state index in [1.54, 1.807) is 12.1 Å². The van der Waals surface area contributed by atoms with Crippen LogP contribution in [0.25, 0.3) is 0 Å². The molecular formula is C13H9BrN4O4. The summed E-state index contributed by atoms with van der Waals surface area (Å²) in [5, 5.41) is 25.3. The number of hydrazone groups is 1. The minimum atomic E-state index is -0.495. The standard InChI is InChI=1S/C13H9BrN4O4/c14-12-6-1-9(7-13(12)18(21)22)8-15-16-10-2-4-11(5-3-10)17(19)20/h1-8,16H. The second-order valence-electron chi connectivity index (χ2n) is 4.14. The summed E-state index contributed by atoms with van der Waals surface area (Å²) in [7, 11) is 0. The van der Waals surface area contributed by atoms with Crippen LogP contribution in [0.5, 0.6) is 0 Å². The third-order valence-electron chi connectivity index (χ3n) is 2.65. The molecule has 2 aromatic rings. The molecule has 0 saturated carbocycles. The molecule has 9 heteroatoms. The Hall–Kier alpha value is -2.81. The van der Waals surface area contributed by atoms with Gasteiger partial charge in [0.15, 0.2) is 0 Å². The van der Waals surface area contributed by atoms with Crippen LogP contribution in [0.4, 0.5) is 17.1 Å². The molecule has 0 bridgehead atoms. The number of benzene rings is 2. The molecule has 0 radical (unpaired) electrons. The molecule has 112 valence electrons. The first-order chi connectivity index (χ1) is 10.5. The number of anilines is 1. The lowest BCUT2D eigenvalue weighted by Gasteiger charge is -2.00. The molecule has 0 aromatic heterocycles. The highest BCUT2D eigenvalue weighted by atomic mass is 79.9. The van der Waals surface area contributed by atoms with E-state index in [0.717, 1.165) is 0 Å². The van der Waals surface area contributed by atoms with Crippen molar-refractivity contribution >= 4 is 39.2 Å². The number of rotatable bonds is 5. The van der Waals surface area contributed by atoms with Gasteiger partial charge in [0.05, 0.1) is 26.2 Å². The number of non-ortho nitro benzene ring substituents is 1. The van der Waals surface area contributed by atoms with E-state index in [9.17, 15) is 20.2 Å². The van der Waals surface area contributed by atoms with E-state index in [1.165, 1.54) is 36.5 Å². The van der Waals surface area contributed by atoms with Crippen molar-refractivity contribution in [3.63, 3.8) is 0 Å². The van der Waals surface area contributed by atoms with Gasteiger partial charge in [0.25, 0.3) is 11.4 Å². The fraction of sp³-hybridized carbons (Fsp3) is 0. The van der Waals surface area contributed by atoms with Crippen molar-refractivity contribution < 1.29 is 9.85 Å². The van der Waals surface area contributed by atoms with Crippen molar-refractivity contribution in [3.05, 3.63) is 72.7 Å². The normalized spacial score (nSPS) is 10.6. The number of halogens is 1. The van der Waals surface area contributed by atoms with Crippen molar-refractivity contribution in [2.75, 3.05) is 5.43 Å². The zero-order chi connectivity index (χ0) is 16.1. The molecule has 0 aliphatic carbocycles. The summed E-state index contributed by atoms with van der Waals surface area (Å²) in [6.07, 6.45) is 1.42. The summed E-state index contributed by atoms with van der Waals surface area (Å²) in [6, 6.07) is 10.3. The van der Waals surface area contributed by atoms with Crippen molar-refractivity contribution in [1.82, 2.24) is 0 Å². The first kappa shape index (κ1) is 15.6. The first-order valence-corrected chi connectivity index (χ1v) is 6.74. The van der Waals surface area contributed by atoms with Gasteiger partial charge in [-0.1, -0.05) is 6.07 Å². The lowest BCUT2D eigenvalue weighted by molar-refractivity contribution is -0.385. The molecule has 0 saturated heterocycles. The lowest BCUT2D eigenvalue weighted by Crippen LogP contribution is -1.94. The summed E-state index contributed by atoms with van der Waals surface area (Å²) in [6.45, 7) is 0. The first-order valence-electron chi connectivity index (χ1n) is 5.95. The fourth-order valence-corrected chi connectivity index (χ4v) is 1.98. The Morgan fingerprint density at radius 1 is 1.05 bits per heavy atom. The Bertz CT molecular complexity index is 746. The van der Waals surface area contributed by atoms with Gasteiger partial charge in [0, 0.05) is 23.8 Å². The Morgan fingerprint density at radius 3 is 2.32 bits per heavy atom. The van der Waals surface area contributed by atoms with Gasteiger partial charge in [-0.3, -0.25) is 25.7 Å². The average Bonchev–Trinajstić information content (AvgIpc) is 2.49. The number of hydrogen-bond acceptors (Lipinski definition) is 6. The maximum atomic E-state index is 10.8. The van der Waals surface area contributed by atoms with Crippen LogP contribution in [0.15, 0.2) is 52.0 Å². The van der Waals surface area contributed by atoms with E-state index in [0.29, 0.717) is 15.7 Å². The van der Waals surface area contributed by atoms with Gasteiger partial charge >= 0.3 is 0 Å². The molecular weight excluding hydrogens is 356 g/mol. The van der Waals surface area contributed by atoms with Crippen LogP contribution in [-0.2, 0) is 0 Å². The average molecular weight is 365 g/mol. The highest BCUT2D eigenvalue weighted by molar-refractivity contribution is 9.10. The Labute approximate surface area is 132 Å². The molecule has 2 aromatic carbocycles. The molecule has 0 heterocycles.